The van der Waals surface area contributed by atoms with E-state index >= 15 is 0 Å². The molecule has 0 spiro atoms. The van der Waals surface area contributed by atoms with Gasteiger partial charge in [-0.2, -0.15) is 11.3 Å². The summed E-state index contributed by atoms with van der Waals surface area (Å²) in [6.45, 7) is 0. The molecule has 5 heteroatoms. The van der Waals surface area contributed by atoms with E-state index in [0.717, 1.165) is 22.0 Å². The summed E-state index contributed by atoms with van der Waals surface area (Å²) >= 11 is 1.63. The molecule has 2 aromatic carbocycles. The minimum Gasteiger partial charge on any atom is -0.350 e. The van der Waals surface area contributed by atoms with Crippen LogP contribution in [-0.2, 0) is 11.8 Å². The highest BCUT2D eigenvalue weighted by atomic mass is 32.1. The quantitative estimate of drug-likeness (QED) is 0.486. The molecule has 0 saturated heterocycles. The second-order valence-corrected chi connectivity index (χ2v) is 7.36. The first-order chi connectivity index (χ1) is 13.1. The number of carbonyl (C=O) groups is 1. The number of benzene rings is 2. The van der Waals surface area contributed by atoms with Gasteiger partial charge in [0.25, 0.3) is 0 Å². The number of anilines is 1. The fourth-order valence-electron chi connectivity index (χ4n) is 3.46. The number of para-hydroxylation sites is 1. The zero-order valence-electron chi connectivity index (χ0n) is 14.9. The number of fused-ring (bicyclic) bond motifs is 1. The van der Waals surface area contributed by atoms with Gasteiger partial charge in [0.15, 0.2) is 0 Å². The largest absolute Gasteiger partial charge is 0.350 e. The van der Waals surface area contributed by atoms with Crippen LogP contribution < -0.4 is 5.32 Å². The van der Waals surface area contributed by atoms with Crippen molar-refractivity contribution in [1.29, 1.82) is 0 Å². The molecule has 4 aromatic rings. The molecule has 0 saturated carbocycles. The Balaban J connectivity index is 1.66. The minimum absolute atomic E-state index is 0.0391. The van der Waals surface area contributed by atoms with Crippen molar-refractivity contribution < 1.29 is 9.18 Å². The smallest absolute Gasteiger partial charge is 0.225 e. The number of hydrogen-bond acceptors (Lipinski definition) is 2. The molecule has 136 valence electrons. The maximum atomic E-state index is 13.1. The van der Waals surface area contributed by atoms with Gasteiger partial charge in [0.1, 0.15) is 5.82 Å². The topological polar surface area (TPSA) is 34.0 Å². The van der Waals surface area contributed by atoms with Crippen molar-refractivity contribution in [2.45, 2.75) is 12.3 Å². The van der Waals surface area contributed by atoms with E-state index < -0.39 is 0 Å². The lowest BCUT2D eigenvalue weighted by Crippen LogP contribution is -2.16. The lowest BCUT2D eigenvalue weighted by Gasteiger charge is -2.16. The second-order valence-electron chi connectivity index (χ2n) is 6.58. The van der Waals surface area contributed by atoms with Gasteiger partial charge in [-0.05, 0) is 58.3 Å². The Hall–Kier alpha value is -2.92. The Morgan fingerprint density at radius 1 is 1.15 bits per heavy atom. The van der Waals surface area contributed by atoms with Gasteiger partial charge in [0, 0.05) is 42.2 Å². The molecular formula is C22H19FN2OS. The van der Waals surface area contributed by atoms with Crippen molar-refractivity contribution in [2.75, 3.05) is 5.32 Å². The number of aryl methyl sites for hydroxylation is 1. The number of hydrogen-bond donors (Lipinski definition) is 1. The van der Waals surface area contributed by atoms with Crippen molar-refractivity contribution in [3.05, 3.63) is 88.5 Å². The second kappa shape index (κ2) is 7.37. The van der Waals surface area contributed by atoms with Gasteiger partial charge in [-0.1, -0.05) is 18.2 Å². The van der Waals surface area contributed by atoms with E-state index in [0.29, 0.717) is 12.1 Å². The first kappa shape index (κ1) is 17.5. The number of amides is 1. The zero-order valence-corrected chi connectivity index (χ0v) is 15.7. The Kier molecular flexibility index (Phi) is 4.77. The van der Waals surface area contributed by atoms with Crippen molar-refractivity contribution in [1.82, 2.24) is 4.57 Å². The van der Waals surface area contributed by atoms with Crippen LogP contribution in [0.1, 0.15) is 23.5 Å². The molecule has 2 aromatic heterocycles. The Bertz CT molecular complexity index is 1070. The molecule has 0 aliphatic rings. The summed E-state index contributed by atoms with van der Waals surface area (Å²) in [5.74, 6) is -0.451. The molecular weight excluding hydrogens is 359 g/mol. The van der Waals surface area contributed by atoms with Crippen LogP contribution in [0.25, 0.3) is 10.9 Å². The third kappa shape index (κ3) is 3.64. The lowest BCUT2D eigenvalue weighted by molar-refractivity contribution is -0.116. The molecule has 3 nitrogen and oxygen atoms in total. The van der Waals surface area contributed by atoms with Crippen LogP contribution >= 0.6 is 11.3 Å². The fraction of sp³-hybridized carbons (Fsp3) is 0.136. The van der Waals surface area contributed by atoms with E-state index in [-0.39, 0.29) is 17.6 Å². The van der Waals surface area contributed by atoms with Crippen molar-refractivity contribution in [3.63, 3.8) is 0 Å². The van der Waals surface area contributed by atoms with Crippen molar-refractivity contribution >= 4 is 33.8 Å². The molecule has 0 radical (unpaired) electrons. The summed E-state index contributed by atoms with van der Waals surface area (Å²) < 4.78 is 15.2. The highest BCUT2D eigenvalue weighted by Crippen LogP contribution is 2.35. The molecule has 4 rings (SSSR count). The van der Waals surface area contributed by atoms with E-state index in [1.807, 2.05) is 24.6 Å². The van der Waals surface area contributed by atoms with Crippen LogP contribution in [0, 0.1) is 5.82 Å². The Labute approximate surface area is 161 Å². The number of nitrogens with one attached hydrogen (secondary N) is 1. The van der Waals surface area contributed by atoms with Crippen LogP contribution in [0.5, 0.6) is 0 Å². The minimum atomic E-state index is -0.320. The number of aromatic nitrogens is 1. The normalized spacial score (nSPS) is 12.2. The van der Waals surface area contributed by atoms with E-state index in [1.165, 1.54) is 12.1 Å². The molecule has 1 atom stereocenters. The Morgan fingerprint density at radius 3 is 2.67 bits per heavy atom. The van der Waals surface area contributed by atoms with E-state index in [1.54, 1.807) is 23.5 Å². The number of halogens is 1. The van der Waals surface area contributed by atoms with E-state index in [9.17, 15) is 9.18 Å². The predicted molar refractivity (Wildman–Crippen MR) is 109 cm³/mol. The number of thiophene rings is 1. The van der Waals surface area contributed by atoms with Crippen LogP contribution in [0.2, 0.25) is 0 Å². The first-order valence-electron chi connectivity index (χ1n) is 8.73. The molecule has 0 bridgehead atoms. The van der Waals surface area contributed by atoms with Crippen LogP contribution in [0.3, 0.4) is 0 Å². The standard InChI is InChI=1S/C22H19FN2OS/c1-25-13-20(18-4-2-3-5-21(18)25)19(15-10-11-27-14-15)12-22(26)24-17-8-6-16(23)7-9-17/h2-11,13-14,19H,12H2,1H3,(H,24,26). The lowest BCUT2D eigenvalue weighted by atomic mass is 9.89. The maximum Gasteiger partial charge on any atom is 0.225 e. The van der Waals surface area contributed by atoms with Crippen LogP contribution in [-0.4, -0.2) is 10.5 Å². The third-order valence-corrected chi connectivity index (χ3v) is 5.47. The molecule has 0 aliphatic carbocycles. The number of carbonyl (C=O) groups excluding carboxylic acids is 1. The summed E-state index contributed by atoms with van der Waals surface area (Å²) in [5, 5.41) is 8.16. The highest BCUT2D eigenvalue weighted by molar-refractivity contribution is 7.08. The van der Waals surface area contributed by atoms with Gasteiger partial charge in [0.2, 0.25) is 5.91 Å². The van der Waals surface area contributed by atoms with Gasteiger partial charge >= 0.3 is 0 Å². The number of rotatable bonds is 5. The van der Waals surface area contributed by atoms with Crippen molar-refractivity contribution in [3.8, 4) is 0 Å². The highest BCUT2D eigenvalue weighted by Gasteiger charge is 2.22. The third-order valence-electron chi connectivity index (χ3n) is 4.77. The summed E-state index contributed by atoms with van der Waals surface area (Å²) in [4.78, 5) is 12.7. The van der Waals surface area contributed by atoms with E-state index in [4.69, 9.17) is 0 Å². The molecule has 2 heterocycles. The summed E-state index contributed by atoms with van der Waals surface area (Å²) in [7, 11) is 2.02. The number of nitrogens with zero attached hydrogens (tertiary/aromatic N) is 1. The van der Waals surface area contributed by atoms with E-state index in [2.05, 4.69) is 39.7 Å². The average Bonchev–Trinajstić information content (AvgIpc) is 3.31. The summed E-state index contributed by atoms with van der Waals surface area (Å²) in [5.41, 5.74) is 4.02. The first-order valence-corrected chi connectivity index (χ1v) is 9.67. The monoisotopic (exact) mass is 378 g/mol. The maximum absolute atomic E-state index is 13.1. The molecule has 1 unspecified atom stereocenters. The molecule has 1 N–H and O–H groups in total. The van der Waals surface area contributed by atoms with Gasteiger partial charge in [-0.25, -0.2) is 4.39 Å². The molecule has 27 heavy (non-hydrogen) atoms. The van der Waals surface area contributed by atoms with Gasteiger partial charge in [-0.3, -0.25) is 4.79 Å². The molecule has 1 amide bonds. The zero-order chi connectivity index (χ0) is 18.8. The van der Waals surface area contributed by atoms with Crippen molar-refractivity contribution in [2.24, 2.45) is 7.05 Å². The van der Waals surface area contributed by atoms with Gasteiger partial charge in [0.05, 0.1) is 0 Å². The predicted octanol–water partition coefficient (Wildman–Crippen LogP) is 5.54. The SMILES string of the molecule is Cn1cc(C(CC(=O)Nc2ccc(F)cc2)c2ccsc2)c2ccccc21. The average molecular weight is 378 g/mol. The van der Waals surface area contributed by atoms with Crippen LogP contribution in [0.15, 0.2) is 71.6 Å². The summed E-state index contributed by atoms with van der Waals surface area (Å²) in [6.07, 6.45) is 2.43. The fourth-order valence-corrected chi connectivity index (χ4v) is 4.18. The molecule has 0 aliphatic heterocycles. The Morgan fingerprint density at radius 2 is 1.93 bits per heavy atom. The van der Waals surface area contributed by atoms with Gasteiger partial charge < -0.3 is 9.88 Å². The van der Waals surface area contributed by atoms with Gasteiger partial charge in [-0.15, -0.1) is 0 Å². The molecule has 0 fully saturated rings. The summed E-state index contributed by atoms with van der Waals surface area (Å²) in [6, 6.07) is 16.1. The van der Waals surface area contributed by atoms with Crippen LogP contribution in [0.4, 0.5) is 10.1 Å².